The Balaban J connectivity index is 1.59. The van der Waals surface area contributed by atoms with E-state index < -0.39 is 0 Å². The molecule has 5 heteroatoms. The maximum absolute atomic E-state index is 12.5. The highest BCUT2D eigenvalue weighted by Crippen LogP contribution is 2.26. The zero-order chi connectivity index (χ0) is 18.8. The summed E-state index contributed by atoms with van der Waals surface area (Å²) in [5.41, 5.74) is 5.29. The molecular weight excluding hydrogens is 358 g/mol. The van der Waals surface area contributed by atoms with E-state index in [0.717, 1.165) is 33.7 Å². The van der Waals surface area contributed by atoms with E-state index in [1.54, 1.807) is 6.07 Å². The lowest BCUT2D eigenvalue weighted by Crippen LogP contribution is -2.15. The van der Waals surface area contributed by atoms with Gasteiger partial charge in [0.2, 0.25) is 5.91 Å². The molecular formula is C22H18ClN3O. The summed E-state index contributed by atoms with van der Waals surface area (Å²) >= 11 is 6.16. The molecule has 0 fully saturated rings. The van der Waals surface area contributed by atoms with Crippen molar-refractivity contribution in [2.75, 3.05) is 5.32 Å². The van der Waals surface area contributed by atoms with Crippen LogP contribution >= 0.6 is 11.6 Å². The van der Waals surface area contributed by atoms with E-state index in [9.17, 15) is 4.79 Å². The van der Waals surface area contributed by atoms with Crippen LogP contribution in [0.3, 0.4) is 0 Å². The molecule has 0 aliphatic carbocycles. The molecule has 0 unspecified atom stereocenters. The van der Waals surface area contributed by atoms with Gasteiger partial charge in [-0.05, 0) is 42.3 Å². The van der Waals surface area contributed by atoms with Gasteiger partial charge in [0, 0.05) is 28.7 Å². The Kier molecular flexibility index (Phi) is 4.65. The fourth-order valence-electron chi connectivity index (χ4n) is 3.00. The molecule has 2 aromatic carbocycles. The van der Waals surface area contributed by atoms with Gasteiger partial charge in [-0.1, -0.05) is 48.0 Å². The maximum atomic E-state index is 12.5. The second kappa shape index (κ2) is 7.25. The highest BCUT2D eigenvalue weighted by atomic mass is 35.5. The van der Waals surface area contributed by atoms with Crippen molar-refractivity contribution < 1.29 is 4.79 Å². The summed E-state index contributed by atoms with van der Waals surface area (Å²) < 4.78 is 1.98. The van der Waals surface area contributed by atoms with Crippen molar-refractivity contribution in [3.05, 3.63) is 89.2 Å². The van der Waals surface area contributed by atoms with Gasteiger partial charge in [0.25, 0.3) is 0 Å². The fraction of sp³-hybridized carbons (Fsp3) is 0.0909. The van der Waals surface area contributed by atoms with Crippen molar-refractivity contribution in [1.29, 1.82) is 0 Å². The standard InChI is InChI=1S/C22H18ClN3O/c1-15-9-10-17(20-14-26-11-5-4-8-21(26)24-20)12-19(15)25-22(27)13-16-6-2-3-7-18(16)23/h2-12,14H,13H2,1H3,(H,25,27). The third-order valence-electron chi connectivity index (χ3n) is 4.48. The number of imidazole rings is 1. The lowest BCUT2D eigenvalue weighted by Gasteiger charge is -2.10. The number of amides is 1. The number of nitrogens with one attached hydrogen (secondary N) is 1. The van der Waals surface area contributed by atoms with Crippen LogP contribution in [-0.2, 0) is 11.2 Å². The minimum atomic E-state index is -0.0987. The molecule has 1 amide bonds. The van der Waals surface area contributed by atoms with Crippen molar-refractivity contribution in [3.63, 3.8) is 0 Å². The summed E-state index contributed by atoms with van der Waals surface area (Å²) in [5.74, 6) is -0.0987. The van der Waals surface area contributed by atoms with Crippen LogP contribution in [0.1, 0.15) is 11.1 Å². The lowest BCUT2D eigenvalue weighted by atomic mass is 10.1. The summed E-state index contributed by atoms with van der Waals surface area (Å²) in [6, 6.07) is 19.2. The van der Waals surface area contributed by atoms with Crippen LogP contribution in [-0.4, -0.2) is 15.3 Å². The number of hydrogen-bond donors (Lipinski definition) is 1. The molecule has 0 spiro atoms. The van der Waals surface area contributed by atoms with E-state index in [1.165, 1.54) is 0 Å². The molecule has 0 saturated heterocycles. The van der Waals surface area contributed by atoms with Crippen molar-refractivity contribution >= 4 is 28.8 Å². The number of aryl methyl sites for hydroxylation is 1. The summed E-state index contributed by atoms with van der Waals surface area (Å²) in [6.45, 7) is 1.97. The van der Waals surface area contributed by atoms with Crippen molar-refractivity contribution in [3.8, 4) is 11.3 Å². The van der Waals surface area contributed by atoms with E-state index in [-0.39, 0.29) is 12.3 Å². The minimum Gasteiger partial charge on any atom is -0.326 e. The Bertz CT molecular complexity index is 1100. The number of carbonyl (C=O) groups excluding carboxylic acids is 1. The second-order valence-electron chi connectivity index (χ2n) is 6.44. The van der Waals surface area contributed by atoms with Crippen LogP contribution in [0.5, 0.6) is 0 Å². The van der Waals surface area contributed by atoms with E-state index in [2.05, 4.69) is 10.3 Å². The molecule has 4 aromatic rings. The summed E-state index contributed by atoms with van der Waals surface area (Å²) in [4.78, 5) is 17.1. The minimum absolute atomic E-state index is 0.0987. The van der Waals surface area contributed by atoms with Gasteiger partial charge in [0.15, 0.2) is 0 Å². The molecule has 0 atom stereocenters. The molecule has 1 N–H and O–H groups in total. The van der Waals surface area contributed by atoms with Crippen molar-refractivity contribution in [2.24, 2.45) is 0 Å². The second-order valence-corrected chi connectivity index (χ2v) is 6.85. The van der Waals surface area contributed by atoms with Crippen LogP contribution < -0.4 is 5.32 Å². The van der Waals surface area contributed by atoms with E-state index in [0.29, 0.717) is 5.02 Å². The SMILES string of the molecule is Cc1ccc(-c2cn3ccccc3n2)cc1NC(=O)Cc1ccccc1Cl. The number of benzene rings is 2. The summed E-state index contributed by atoms with van der Waals surface area (Å²) in [6.07, 6.45) is 4.18. The molecule has 0 bridgehead atoms. The molecule has 0 saturated carbocycles. The van der Waals surface area contributed by atoms with Gasteiger partial charge >= 0.3 is 0 Å². The molecule has 4 rings (SSSR count). The van der Waals surface area contributed by atoms with Gasteiger partial charge in [-0.2, -0.15) is 0 Å². The molecule has 2 aromatic heterocycles. The Labute approximate surface area is 162 Å². The van der Waals surface area contributed by atoms with E-state index >= 15 is 0 Å². The van der Waals surface area contributed by atoms with Gasteiger partial charge in [-0.25, -0.2) is 4.98 Å². The number of rotatable bonds is 4. The first-order valence-electron chi connectivity index (χ1n) is 8.68. The van der Waals surface area contributed by atoms with Crippen LogP contribution in [0.25, 0.3) is 16.9 Å². The Hall–Kier alpha value is -3.11. The quantitative estimate of drug-likeness (QED) is 0.536. The average molecular weight is 376 g/mol. The molecule has 134 valence electrons. The van der Waals surface area contributed by atoms with Gasteiger partial charge in [-0.15, -0.1) is 0 Å². The number of anilines is 1. The highest BCUT2D eigenvalue weighted by molar-refractivity contribution is 6.31. The smallest absolute Gasteiger partial charge is 0.228 e. The van der Waals surface area contributed by atoms with Gasteiger partial charge in [0.05, 0.1) is 12.1 Å². The summed E-state index contributed by atoms with van der Waals surface area (Å²) in [5, 5.41) is 3.60. The van der Waals surface area contributed by atoms with E-state index in [1.807, 2.05) is 78.3 Å². The van der Waals surface area contributed by atoms with Gasteiger partial charge in [0.1, 0.15) is 5.65 Å². The predicted octanol–water partition coefficient (Wildman–Crippen LogP) is 5.14. The van der Waals surface area contributed by atoms with Crippen LogP contribution in [0.4, 0.5) is 5.69 Å². The van der Waals surface area contributed by atoms with Crippen LogP contribution in [0.15, 0.2) is 73.1 Å². The van der Waals surface area contributed by atoms with Crippen LogP contribution in [0, 0.1) is 6.92 Å². The largest absolute Gasteiger partial charge is 0.326 e. The fourth-order valence-corrected chi connectivity index (χ4v) is 3.20. The highest BCUT2D eigenvalue weighted by Gasteiger charge is 2.11. The normalized spacial score (nSPS) is 10.9. The zero-order valence-electron chi connectivity index (χ0n) is 14.8. The first-order valence-corrected chi connectivity index (χ1v) is 9.06. The first kappa shape index (κ1) is 17.3. The number of hydrogen-bond acceptors (Lipinski definition) is 2. The van der Waals surface area contributed by atoms with Gasteiger partial charge in [-0.3, -0.25) is 4.79 Å². The van der Waals surface area contributed by atoms with E-state index in [4.69, 9.17) is 11.6 Å². The number of fused-ring (bicyclic) bond motifs is 1. The molecule has 0 aliphatic heterocycles. The van der Waals surface area contributed by atoms with Crippen molar-refractivity contribution in [2.45, 2.75) is 13.3 Å². The number of halogens is 1. The summed E-state index contributed by atoms with van der Waals surface area (Å²) in [7, 11) is 0. The Morgan fingerprint density at radius 2 is 1.93 bits per heavy atom. The third-order valence-corrected chi connectivity index (χ3v) is 4.85. The molecule has 27 heavy (non-hydrogen) atoms. The topological polar surface area (TPSA) is 46.4 Å². The third kappa shape index (κ3) is 3.71. The number of nitrogens with zero attached hydrogens (tertiary/aromatic N) is 2. The average Bonchev–Trinajstić information content (AvgIpc) is 3.09. The maximum Gasteiger partial charge on any atom is 0.228 e. The molecule has 0 radical (unpaired) electrons. The number of aromatic nitrogens is 2. The lowest BCUT2D eigenvalue weighted by molar-refractivity contribution is -0.115. The zero-order valence-corrected chi connectivity index (χ0v) is 15.6. The van der Waals surface area contributed by atoms with Crippen LogP contribution in [0.2, 0.25) is 5.02 Å². The number of pyridine rings is 1. The van der Waals surface area contributed by atoms with Crippen molar-refractivity contribution in [1.82, 2.24) is 9.38 Å². The molecule has 2 heterocycles. The Morgan fingerprint density at radius 3 is 2.74 bits per heavy atom. The number of carbonyl (C=O) groups is 1. The van der Waals surface area contributed by atoms with Gasteiger partial charge < -0.3 is 9.72 Å². The Morgan fingerprint density at radius 1 is 1.11 bits per heavy atom. The predicted molar refractivity (Wildman–Crippen MR) is 109 cm³/mol. The molecule has 4 nitrogen and oxygen atoms in total. The monoisotopic (exact) mass is 375 g/mol. The first-order chi connectivity index (χ1) is 13.1. The molecule has 0 aliphatic rings.